The van der Waals surface area contributed by atoms with Crippen molar-refractivity contribution in [2.75, 3.05) is 17.3 Å². The average Bonchev–Trinajstić information content (AvgIpc) is 2.60. The van der Waals surface area contributed by atoms with Gasteiger partial charge in [-0.05, 0) is 37.4 Å². The topological polar surface area (TPSA) is 17.0 Å². The van der Waals surface area contributed by atoms with Crippen LogP contribution in [-0.2, 0) is 7.05 Å². The molecule has 1 aromatic carbocycles. The van der Waals surface area contributed by atoms with E-state index in [9.17, 15) is 0 Å². The Morgan fingerprint density at radius 3 is 2.94 bits per heavy atom. The number of hydrogen-bond acceptors (Lipinski definition) is 2. The number of aromatic nitrogens is 1. The summed E-state index contributed by atoms with van der Waals surface area (Å²) in [6.07, 6.45) is 4.23. The summed E-state index contributed by atoms with van der Waals surface area (Å²) in [5, 5.41) is 4.81. The molecule has 2 rings (SSSR count). The van der Waals surface area contributed by atoms with Gasteiger partial charge in [-0.2, -0.15) is 11.8 Å². The number of nitrogens with zero attached hydrogens (tertiary/aromatic N) is 1. The van der Waals surface area contributed by atoms with E-state index in [1.807, 2.05) is 11.8 Å². The van der Waals surface area contributed by atoms with Gasteiger partial charge in [-0.15, -0.1) is 0 Å². The molecule has 0 spiro atoms. The fraction of sp³-hybridized carbons (Fsp3) is 0.385. The summed E-state index contributed by atoms with van der Waals surface area (Å²) in [4.78, 5) is 0. The lowest BCUT2D eigenvalue weighted by molar-refractivity contribution is 0.915. The molecule has 86 valence electrons. The Bertz CT molecular complexity index is 476. The van der Waals surface area contributed by atoms with Crippen LogP contribution in [-0.4, -0.2) is 22.6 Å². The molecule has 1 unspecified atom stereocenters. The number of thioether (sulfide) groups is 1. The molecule has 16 heavy (non-hydrogen) atoms. The first-order chi connectivity index (χ1) is 7.70. The Kier molecular flexibility index (Phi) is 3.44. The molecule has 0 aliphatic rings. The zero-order valence-corrected chi connectivity index (χ0v) is 10.8. The molecule has 2 aromatic rings. The molecule has 0 aliphatic heterocycles. The zero-order chi connectivity index (χ0) is 11.5. The van der Waals surface area contributed by atoms with Crippen molar-refractivity contribution in [2.24, 2.45) is 7.05 Å². The second kappa shape index (κ2) is 4.83. The zero-order valence-electron chi connectivity index (χ0n) is 10.0. The molecule has 3 heteroatoms. The minimum Gasteiger partial charge on any atom is -0.382 e. The molecule has 0 fully saturated rings. The molecule has 0 saturated heterocycles. The van der Waals surface area contributed by atoms with E-state index in [1.165, 1.54) is 16.6 Å². The van der Waals surface area contributed by atoms with Crippen LogP contribution in [0.4, 0.5) is 5.69 Å². The highest BCUT2D eigenvalue weighted by atomic mass is 32.2. The van der Waals surface area contributed by atoms with Crippen molar-refractivity contribution < 1.29 is 0 Å². The standard InChI is InChI=1S/C13H18N2S/c1-10(9-16-3)14-12-4-5-13-11(8-12)6-7-15(13)2/h4-8,10,14H,9H2,1-3H3. The molecule has 0 aliphatic carbocycles. The Morgan fingerprint density at radius 1 is 1.38 bits per heavy atom. The number of benzene rings is 1. The molecule has 1 N–H and O–H groups in total. The monoisotopic (exact) mass is 234 g/mol. The highest BCUT2D eigenvalue weighted by Gasteiger charge is 2.03. The van der Waals surface area contributed by atoms with Gasteiger partial charge in [-0.25, -0.2) is 0 Å². The first-order valence-electron chi connectivity index (χ1n) is 5.51. The van der Waals surface area contributed by atoms with Crippen molar-refractivity contribution >= 4 is 28.4 Å². The van der Waals surface area contributed by atoms with E-state index in [1.54, 1.807) is 0 Å². The molecule has 0 bridgehead atoms. The van der Waals surface area contributed by atoms with Crippen molar-refractivity contribution in [1.82, 2.24) is 4.57 Å². The second-order valence-corrected chi connectivity index (χ2v) is 5.11. The van der Waals surface area contributed by atoms with Crippen molar-refractivity contribution in [3.8, 4) is 0 Å². The van der Waals surface area contributed by atoms with Gasteiger partial charge in [-0.3, -0.25) is 0 Å². The van der Waals surface area contributed by atoms with Crippen LogP contribution in [0.25, 0.3) is 10.9 Å². The molecule has 1 heterocycles. The third-order valence-electron chi connectivity index (χ3n) is 2.71. The number of fused-ring (bicyclic) bond motifs is 1. The molecular weight excluding hydrogens is 216 g/mol. The molecule has 2 nitrogen and oxygen atoms in total. The van der Waals surface area contributed by atoms with Crippen molar-refractivity contribution in [3.63, 3.8) is 0 Å². The highest BCUT2D eigenvalue weighted by molar-refractivity contribution is 7.98. The Balaban J connectivity index is 2.19. The van der Waals surface area contributed by atoms with Gasteiger partial charge < -0.3 is 9.88 Å². The third-order valence-corrected chi connectivity index (χ3v) is 3.55. The fourth-order valence-electron chi connectivity index (χ4n) is 1.95. The lowest BCUT2D eigenvalue weighted by Gasteiger charge is -2.14. The van der Waals surface area contributed by atoms with E-state index < -0.39 is 0 Å². The Morgan fingerprint density at radius 2 is 2.19 bits per heavy atom. The largest absolute Gasteiger partial charge is 0.382 e. The minimum absolute atomic E-state index is 0.510. The van der Waals surface area contributed by atoms with Gasteiger partial charge in [0.25, 0.3) is 0 Å². The van der Waals surface area contributed by atoms with E-state index in [0.717, 1.165) is 5.75 Å². The molecule has 1 atom stereocenters. The Labute approximate surface area is 101 Å². The molecule has 1 aromatic heterocycles. The number of hydrogen-bond donors (Lipinski definition) is 1. The van der Waals surface area contributed by atoms with Gasteiger partial charge in [0.15, 0.2) is 0 Å². The summed E-state index contributed by atoms with van der Waals surface area (Å²) in [6.45, 7) is 2.21. The van der Waals surface area contributed by atoms with Gasteiger partial charge in [0.1, 0.15) is 0 Å². The van der Waals surface area contributed by atoms with Crippen LogP contribution in [0.1, 0.15) is 6.92 Å². The lowest BCUT2D eigenvalue weighted by Crippen LogP contribution is -2.17. The number of anilines is 1. The van der Waals surface area contributed by atoms with Crippen LogP contribution in [0.5, 0.6) is 0 Å². The van der Waals surface area contributed by atoms with Crippen LogP contribution >= 0.6 is 11.8 Å². The SMILES string of the molecule is CSCC(C)Nc1ccc2c(ccn2C)c1. The summed E-state index contributed by atoms with van der Waals surface area (Å²) < 4.78 is 2.14. The predicted molar refractivity (Wildman–Crippen MR) is 74.4 cm³/mol. The number of nitrogens with one attached hydrogen (secondary N) is 1. The van der Waals surface area contributed by atoms with Crippen LogP contribution in [0.2, 0.25) is 0 Å². The van der Waals surface area contributed by atoms with Gasteiger partial charge >= 0.3 is 0 Å². The van der Waals surface area contributed by atoms with Gasteiger partial charge in [0, 0.05) is 41.6 Å². The first kappa shape index (κ1) is 11.4. The third kappa shape index (κ3) is 2.35. The van der Waals surface area contributed by atoms with E-state index >= 15 is 0 Å². The minimum atomic E-state index is 0.510. The molecule has 0 radical (unpaired) electrons. The van der Waals surface area contributed by atoms with Crippen LogP contribution in [0.3, 0.4) is 0 Å². The molecular formula is C13H18N2S. The normalized spacial score (nSPS) is 12.9. The van der Waals surface area contributed by atoms with Gasteiger partial charge in [0.2, 0.25) is 0 Å². The molecule has 0 amide bonds. The highest BCUT2D eigenvalue weighted by Crippen LogP contribution is 2.20. The van der Waals surface area contributed by atoms with E-state index in [2.05, 4.69) is 60.6 Å². The maximum Gasteiger partial charge on any atom is 0.0479 e. The van der Waals surface area contributed by atoms with Crippen molar-refractivity contribution in [1.29, 1.82) is 0 Å². The smallest absolute Gasteiger partial charge is 0.0479 e. The second-order valence-electron chi connectivity index (χ2n) is 4.20. The van der Waals surface area contributed by atoms with E-state index in [0.29, 0.717) is 6.04 Å². The van der Waals surface area contributed by atoms with Crippen LogP contribution in [0.15, 0.2) is 30.5 Å². The quantitative estimate of drug-likeness (QED) is 0.874. The lowest BCUT2D eigenvalue weighted by atomic mass is 10.2. The van der Waals surface area contributed by atoms with E-state index in [-0.39, 0.29) is 0 Å². The van der Waals surface area contributed by atoms with Crippen LogP contribution < -0.4 is 5.32 Å². The van der Waals surface area contributed by atoms with Gasteiger partial charge in [0.05, 0.1) is 0 Å². The molecule has 0 saturated carbocycles. The summed E-state index contributed by atoms with van der Waals surface area (Å²) >= 11 is 1.87. The first-order valence-corrected chi connectivity index (χ1v) is 6.90. The summed E-state index contributed by atoms with van der Waals surface area (Å²) in [7, 11) is 2.08. The summed E-state index contributed by atoms with van der Waals surface area (Å²) in [6, 6.07) is 9.20. The summed E-state index contributed by atoms with van der Waals surface area (Å²) in [5.74, 6) is 1.13. The fourth-order valence-corrected chi connectivity index (χ4v) is 2.53. The Hall–Kier alpha value is -1.09. The maximum atomic E-state index is 3.51. The van der Waals surface area contributed by atoms with E-state index in [4.69, 9.17) is 0 Å². The van der Waals surface area contributed by atoms with Crippen molar-refractivity contribution in [3.05, 3.63) is 30.5 Å². The van der Waals surface area contributed by atoms with Gasteiger partial charge in [-0.1, -0.05) is 0 Å². The number of aryl methyl sites for hydroxylation is 1. The number of rotatable bonds is 4. The maximum absolute atomic E-state index is 3.51. The predicted octanol–water partition coefficient (Wildman–Crippen LogP) is 3.34. The average molecular weight is 234 g/mol. The van der Waals surface area contributed by atoms with Crippen LogP contribution in [0, 0.1) is 0 Å². The summed E-state index contributed by atoms with van der Waals surface area (Å²) in [5.41, 5.74) is 2.49. The van der Waals surface area contributed by atoms with Crippen molar-refractivity contribution in [2.45, 2.75) is 13.0 Å².